The molecule has 0 spiro atoms. The summed E-state index contributed by atoms with van der Waals surface area (Å²) in [4.78, 5) is 24.6. The lowest BCUT2D eigenvalue weighted by Gasteiger charge is -2.10. The van der Waals surface area contributed by atoms with Crippen molar-refractivity contribution in [3.8, 4) is 11.4 Å². The number of imidazole rings is 1. The third kappa shape index (κ3) is 3.37. The van der Waals surface area contributed by atoms with E-state index in [2.05, 4.69) is 27.2 Å². The SMILES string of the molecule is C=CNC(=NC)c1c(-c2[nH]c3cc(C(=O)NC)ccc3c2C)nc(C(C)C)n1N. The Balaban J connectivity index is 2.28. The molecule has 1 amide bonds. The van der Waals surface area contributed by atoms with Crippen LogP contribution >= 0.6 is 0 Å². The lowest BCUT2D eigenvalue weighted by molar-refractivity contribution is 0.0963. The van der Waals surface area contributed by atoms with Crippen LogP contribution in [0.15, 0.2) is 36.0 Å². The number of benzene rings is 1. The number of amides is 1. The molecule has 3 aromatic rings. The fraction of sp³-hybridized carbons (Fsp3) is 0.286. The number of nitrogen functional groups attached to an aromatic ring is 1. The second-order valence-corrected chi connectivity index (χ2v) is 7.08. The number of hydrogen-bond acceptors (Lipinski definition) is 4. The maximum absolute atomic E-state index is 12.0. The van der Waals surface area contributed by atoms with Gasteiger partial charge in [-0.05, 0) is 30.8 Å². The Bertz CT molecular complexity index is 1120. The summed E-state index contributed by atoms with van der Waals surface area (Å²) in [5, 5.41) is 6.71. The van der Waals surface area contributed by atoms with Crippen LogP contribution in [0.25, 0.3) is 22.3 Å². The standard InChI is InChI=1S/C21H27N7O/c1-7-25-19(23-5)18-17(27-20(11(2)3)28(18)22)16-12(4)14-9-8-13(21(29)24-6)10-15(14)26-16/h7-11,26H,1,22H2,2-6H3,(H,23,25)(H,24,29). The quantitative estimate of drug-likeness (QED) is 0.303. The first-order valence-corrected chi connectivity index (χ1v) is 9.41. The second-order valence-electron chi connectivity index (χ2n) is 7.08. The Labute approximate surface area is 169 Å². The van der Waals surface area contributed by atoms with Gasteiger partial charge in [0, 0.05) is 36.5 Å². The number of fused-ring (bicyclic) bond motifs is 1. The van der Waals surface area contributed by atoms with Gasteiger partial charge in [-0.3, -0.25) is 9.79 Å². The van der Waals surface area contributed by atoms with Crippen molar-refractivity contribution in [1.82, 2.24) is 25.3 Å². The number of nitrogens with two attached hydrogens (primary N) is 1. The number of rotatable bonds is 5. The number of aryl methyl sites for hydroxylation is 1. The smallest absolute Gasteiger partial charge is 0.251 e. The predicted molar refractivity (Wildman–Crippen MR) is 118 cm³/mol. The highest BCUT2D eigenvalue weighted by Gasteiger charge is 2.25. The fourth-order valence-corrected chi connectivity index (χ4v) is 3.45. The largest absolute Gasteiger partial charge is 0.355 e. The van der Waals surface area contributed by atoms with Gasteiger partial charge in [-0.1, -0.05) is 26.5 Å². The van der Waals surface area contributed by atoms with Crippen LogP contribution in [0.5, 0.6) is 0 Å². The number of H-pyrrole nitrogens is 1. The first kappa shape index (κ1) is 20.2. The van der Waals surface area contributed by atoms with Crippen LogP contribution in [0.1, 0.15) is 47.2 Å². The summed E-state index contributed by atoms with van der Waals surface area (Å²) < 4.78 is 1.57. The molecule has 0 aliphatic rings. The number of nitrogens with one attached hydrogen (secondary N) is 3. The van der Waals surface area contributed by atoms with E-state index in [-0.39, 0.29) is 11.8 Å². The van der Waals surface area contributed by atoms with Crippen LogP contribution in [0.3, 0.4) is 0 Å². The average Bonchev–Trinajstić information content (AvgIpc) is 3.22. The number of aromatic nitrogens is 3. The van der Waals surface area contributed by atoms with E-state index in [0.29, 0.717) is 22.8 Å². The van der Waals surface area contributed by atoms with Gasteiger partial charge in [-0.2, -0.15) is 0 Å². The zero-order chi connectivity index (χ0) is 21.3. The number of aliphatic imine (C=N–C) groups is 1. The van der Waals surface area contributed by atoms with Crippen LogP contribution in [0.4, 0.5) is 0 Å². The lowest BCUT2D eigenvalue weighted by Crippen LogP contribution is -2.27. The van der Waals surface area contributed by atoms with Crippen molar-refractivity contribution in [2.75, 3.05) is 19.9 Å². The summed E-state index contributed by atoms with van der Waals surface area (Å²) in [5.74, 6) is 7.71. The van der Waals surface area contributed by atoms with E-state index in [1.54, 1.807) is 25.0 Å². The topological polar surface area (TPSA) is 113 Å². The minimum absolute atomic E-state index is 0.124. The second kappa shape index (κ2) is 7.83. The lowest BCUT2D eigenvalue weighted by atomic mass is 10.1. The Hall–Kier alpha value is -3.55. The summed E-state index contributed by atoms with van der Waals surface area (Å²) in [6.07, 6.45) is 1.56. The molecule has 2 aromatic heterocycles. The average molecular weight is 393 g/mol. The molecule has 0 aliphatic carbocycles. The van der Waals surface area contributed by atoms with E-state index in [9.17, 15) is 4.79 Å². The van der Waals surface area contributed by atoms with Crippen LogP contribution in [0, 0.1) is 6.92 Å². The van der Waals surface area contributed by atoms with Crippen molar-refractivity contribution < 1.29 is 4.79 Å². The Morgan fingerprint density at radius 3 is 2.72 bits per heavy atom. The molecule has 0 saturated carbocycles. The summed E-state index contributed by atoms with van der Waals surface area (Å²) in [5.41, 5.74) is 4.66. The zero-order valence-electron chi connectivity index (χ0n) is 17.4. The maximum atomic E-state index is 12.0. The van der Waals surface area contributed by atoms with Gasteiger partial charge in [0.15, 0.2) is 5.84 Å². The molecule has 3 rings (SSSR count). The van der Waals surface area contributed by atoms with Gasteiger partial charge in [-0.25, -0.2) is 9.66 Å². The summed E-state index contributed by atoms with van der Waals surface area (Å²) >= 11 is 0. The van der Waals surface area contributed by atoms with Crippen LogP contribution < -0.4 is 16.5 Å². The molecular formula is C21H27N7O. The molecule has 0 unspecified atom stereocenters. The van der Waals surface area contributed by atoms with E-state index in [0.717, 1.165) is 28.0 Å². The van der Waals surface area contributed by atoms with E-state index in [4.69, 9.17) is 10.8 Å². The molecule has 0 radical (unpaired) electrons. The number of carbonyl (C=O) groups is 1. The van der Waals surface area contributed by atoms with Crippen molar-refractivity contribution in [2.24, 2.45) is 4.99 Å². The number of nitrogens with zero attached hydrogens (tertiary/aromatic N) is 3. The minimum atomic E-state index is -0.134. The normalized spacial score (nSPS) is 11.9. The molecule has 29 heavy (non-hydrogen) atoms. The highest BCUT2D eigenvalue weighted by Crippen LogP contribution is 2.33. The molecule has 0 aliphatic heterocycles. The summed E-state index contributed by atoms with van der Waals surface area (Å²) in [7, 11) is 3.30. The first-order chi connectivity index (χ1) is 13.8. The van der Waals surface area contributed by atoms with Gasteiger partial charge in [0.05, 0.1) is 5.69 Å². The number of hydrogen-bond donors (Lipinski definition) is 4. The van der Waals surface area contributed by atoms with Gasteiger partial charge in [0.2, 0.25) is 0 Å². The van der Waals surface area contributed by atoms with E-state index < -0.39 is 0 Å². The minimum Gasteiger partial charge on any atom is -0.355 e. The van der Waals surface area contributed by atoms with Crippen molar-refractivity contribution >= 4 is 22.6 Å². The zero-order valence-corrected chi connectivity index (χ0v) is 17.4. The Kier molecular flexibility index (Phi) is 5.45. The molecule has 152 valence electrons. The van der Waals surface area contributed by atoms with Crippen molar-refractivity contribution in [2.45, 2.75) is 26.7 Å². The molecule has 0 saturated heterocycles. The number of carbonyl (C=O) groups excluding carboxylic acids is 1. The molecule has 1 aromatic carbocycles. The van der Waals surface area contributed by atoms with Crippen LogP contribution in [0.2, 0.25) is 0 Å². The third-order valence-electron chi connectivity index (χ3n) is 4.93. The number of aromatic amines is 1. The van der Waals surface area contributed by atoms with Gasteiger partial charge in [0.25, 0.3) is 5.91 Å². The highest BCUT2D eigenvalue weighted by atomic mass is 16.1. The van der Waals surface area contributed by atoms with Gasteiger partial charge in [0.1, 0.15) is 17.2 Å². The van der Waals surface area contributed by atoms with Crippen molar-refractivity contribution in [3.63, 3.8) is 0 Å². The fourth-order valence-electron chi connectivity index (χ4n) is 3.45. The summed E-state index contributed by atoms with van der Waals surface area (Å²) in [6.45, 7) is 9.82. The van der Waals surface area contributed by atoms with E-state index in [1.807, 2.05) is 39.0 Å². The Morgan fingerprint density at radius 1 is 1.41 bits per heavy atom. The summed E-state index contributed by atoms with van der Waals surface area (Å²) in [6, 6.07) is 5.59. The third-order valence-corrected chi connectivity index (χ3v) is 4.93. The molecule has 5 N–H and O–H groups in total. The van der Waals surface area contributed by atoms with E-state index in [1.165, 1.54) is 0 Å². The van der Waals surface area contributed by atoms with Gasteiger partial charge < -0.3 is 21.5 Å². The molecule has 2 heterocycles. The van der Waals surface area contributed by atoms with E-state index >= 15 is 0 Å². The molecular weight excluding hydrogens is 366 g/mol. The molecule has 8 heteroatoms. The highest BCUT2D eigenvalue weighted by molar-refractivity contribution is 6.05. The monoisotopic (exact) mass is 393 g/mol. The van der Waals surface area contributed by atoms with Gasteiger partial charge >= 0.3 is 0 Å². The van der Waals surface area contributed by atoms with Gasteiger partial charge in [-0.15, -0.1) is 0 Å². The van der Waals surface area contributed by atoms with Crippen LogP contribution in [-0.4, -0.2) is 40.5 Å². The van der Waals surface area contributed by atoms with Crippen LogP contribution in [-0.2, 0) is 0 Å². The number of amidine groups is 1. The predicted octanol–water partition coefficient (Wildman–Crippen LogP) is 2.65. The van der Waals surface area contributed by atoms with Crippen molar-refractivity contribution in [3.05, 3.63) is 53.6 Å². The molecule has 8 nitrogen and oxygen atoms in total. The Morgan fingerprint density at radius 2 is 2.14 bits per heavy atom. The molecule has 0 fully saturated rings. The van der Waals surface area contributed by atoms with Crippen molar-refractivity contribution in [1.29, 1.82) is 0 Å². The first-order valence-electron chi connectivity index (χ1n) is 9.41. The molecule has 0 atom stereocenters. The maximum Gasteiger partial charge on any atom is 0.251 e. The molecule has 0 bridgehead atoms.